The van der Waals surface area contributed by atoms with Gasteiger partial charge in [0.25, 0.3) is 5.91 Å². The van der Waals surface area contributed by atoms with Gasteiger partial charge in [0.05, 0.1) is 11.3 Å². The van der Waals surface area contributed by atoms with Crippen LogP contribution in [0.4, 0.5) is 14.5 Å². The van der Waals surface area contributed by atoms with Gasteiger partial charge in [-0.1, -0.05) is 24.3 Å². The molecule has 0 bridgehead atoms. The highest BCUT2D eigenvalue weighted by atomic mass is 19.1. The molecule has 0 aliphatic heterocycles. The summed E-state index contributed by atoms with van der Waals surface area (Å²) in [4.78, 5) is 12.0. The molecule has 0 heterocycles. The largest absolute Gasteiger partial charge is 0.396 e. The van der Waals surface area contributed by atoms with E-state index in [2.05, 4.69) is 5.32 Å². The summed E-state index contributed by atoms with van der Waals surface area (Å²) in [6, 6.07) is 9.65. The van der Waals surface area contributed by atoms with Gasteiger partial charge in [-0.05, 0) is 23.6 Å². The molecule has 108 valence electrons. The molecule has 0 radical (unpaired) electrons. The van der Waals surface area contributed by atoms with E-state index >= 15 is 0 Å². The fourth-order valence-corrected chi connectivity index (χ4v) is 2.60. The van der Waals surface area contributed by atoms with Crippen LogP contribution in [0.3, 0.4) is 0 Å². The minimum atomic E-state index is -0.909. The Balaban J connectivity index is 1.67. The number of carbonyl (C=O) groups is 1. The van der Waals surface area contributed by atoms with Gasteiger partial charge in [0.2, 0.25) is 0 Å². The quantitative estimate of drug-likeness (QED) is 0.853. The average Bonchev–Trinajstić information content (AvgIpc) is 2.43. The summed E-state index contributed by atoms with van der Waals surface area (Å²) in [5.74, 6) is -2.11. The van der Waals surface area contributed by atoms with E-state index in [0.29, 0.717) is 12.6 Å². The van der Waals surface area contributed by atoms with Crippen molar-refractivity contribution in [2.75, 3.05) is 12.3 Å². The van der Waals surface area contributed by atoms with Crippen molar-refractivity contribution in [3.63, 3.8) is 0 Å². The number of nitrogens with one attached hydrogen (secondary N) is 1. The molecule has 3 rings (SSSR count). The Morgan fingerprint density at radius 3 is 2.76 bits per heavy atom. The molecule has 1 aliphatic carbocycles. The van der Waals surface area contributed by atoms with Crippen molar-refractivity contribution < 1.29 is 13.6 Å². The fourth-order valence-electron chi connectivity index (χ4n) is 2.60. The summed E-state index contributed by atoms with van der Waals surface area (Å²) in [5.41, 5.74) is 7.36. The van der Waals surface area contributed by atoms with Crippen LogP contribution in [-0.2, 0) is 6.42 Å². The molecule has 3 nitrogen and oxygen atoms in total. The predicted molar refractivity (Wildman–Crippen MR) is 76.0 cm³/mol. The Morgan fingerprint density at radius 2 is 2.00 bits per heavy atom. The summed E-state index contributed by atoms with van der Waals surface area (Å²) in [5, 5.41) is 2.67. The van der Waals surface area contributed by atoms with Crippen molar-refractivity contribution in [3.05, 3.63) is 64.7 Å². The topological polar surface area (TPSA) is 55.1 Å². The normalized spacial score (nSPS) is 16.0. The molecule has 1 unspecified atom stereocenters. The van der Waals surface area contributed by atoms with Crippen LogP contribution < -0.4 is 11.1 Å². The molecule has 3 N–H and O–H groups in total. The van der Waals surface area contributed by atoms with Crippen LogP contribution in [0, 0.1) is 11.6 Å². The lowest BCUT2D eigenvalue weighted by Crippen LogP contribution is -2.33. The average molecular weight is 288 g/mol. The van der Waals surface area contributed by atoms with Gasteiger partial charge in [-0.25, -0.2) is 8.78 Å². The summed E-state index contributed by atoms with van der Waals surface area (Å²) in [7, 11) is 0. The third-order valence-corrected chi connectivity index (χ3v) is 3.80. The lowest BCUT2D eigenvalue weighted by molar-refractivity contribution is 0.0946. The van der Waals surface area contributed by atoms with Gasteiger partial charge in [0, 0.05) is 18.5 Å². The molecule has 0 saturated heterocycles. The molecule has 0 aromatic heterocycles. The first kappa shape index (κ1) is 13.5. The molecule has 21 heavy (non-hydrogen) atoms. The molecule has 0 saturated carbocycles. The Labute approximate surface area is 120 Å². The molecule has 2 aromatic rings. The van der Waals surface area contributed by atoms with Crippen molar-refractivity contribution in [1.29, 1.82) is 0 Å². The van der Waals surface area contributed by atoms with Gasteiger partial charge in [-0.15, -0.1) is 0 Å². The zero-order valence-electron chi connectivity index (χ0n) is 11.2. The van der Waals surface area contributed by atoms with Crippen LogP contribution in [0.15, 0.2) is 36.4 Å². The van der Waals surface area contributed by atoms with Gasteiger partial charge in [-0.3, -0.25) is 4.79 Å². The highest BCUT2D eigenvalue weighted by Crippen LogP contribution is 2.34. The van der Waals surface area contributed by atoms with E-state index in [1.807, 2.05) is 24.3 Å². The summed E-state index contributed by atoms with van der Waals surface area (Å²) in [6.45, 7) is 0.423. The predicted octanol–water partition coefficient (Wildman–Crippen LogP) is 2.62. The van der Waals surface area contributed by atoms with Crippen LogP contribution in [0.25, 0.3) is 0 Å². The van der Waals surface area contributed by atoms with Crippen molar-refractivity contribution in [1.82, 2.24) is 5.32 Å². The molecule has 1 amide bonds. The van der Waals surface area contributed by atoms with Crippen LogP contribution in [0.2, 0.25) is 0 Å². The second-order valence-corrected chi connectivity index (χ2v) is 5.16. The molecule has 0 fully saturated rings. The first-order chi connectivity index (χ1) is 10.1. The maximum Gasteiger partial charge on any atom is 0.254 e. The van der Waals surface area contributed by atoms with E-state index in [9.17, 15) is 13.6 Å². The Hall–Kier alpha value is -2.43. The molecule has 5 heteroatoms. The van der Waals surface area contributed by atoms with E-state index in [0.717, 1.165) is 12.5 Å². The van der Waals surface area contributed by atoms with Crippen LogP contribution in [-0.4, -0.2) is 12.5 Å². The molecular weight excluding hydrogens is 274 g/mol. The maximum absolute atomic E-state index is 13.6. The van der Waals surface area contributed by atoms with Crippen molar-refractivity contribution >= 4 is 11.6 Å². The number of carbonyl (C=O) groups excluding carboxylic acids is 1. The van der Waals surface area contributed by atoms with Gasteiger partial charge in [0.15, 0.2) is 0 Å². The number of anilines is 1. The molecule has 1 aliphatic rings. The lowest BCUT2D eigenvalue weighted by atomic mass is 9.77. The van der Waals surface area contributed by atoms with E-state index < -0.39 is 17.5 Å². The van der Waals surface area contributed by atoms with Crippen LogP contribution >= 0.6 is 0 Å². The molecule has 1 atom stereocenters. The number of nitrogen functional groups attached to an aromatic ring is 1. The zero-order valence-corrected chi connectivity index (χ0v) is 11.2. The second kappa shape index (κ2) is 5.16. The zero-order chi connectivity index (χ0) is 15.0. The van der Waals surface area contributed by atoms with Gasteiger partial charge < -0.3 is 11.1 Å². The van der Waals surface area contributed by atoms with Crippen molar-refractivity contribution in [3.8, 4) is 0 Å². The minimum Gasteiger partial charge on any atom is -0.396 e. The summed E-state index contributed by atoms with van der Waals surface area (Å²) < 4.78 is 26.7. The Kier molecular flexibility index (Phi) is 3.33. The first-order valence-electron chi connectivity index (χ1n) is 6.67. The Morgan fingerprint density at radius 1 is 1.24 bits per heavy atom. The molecule has 2 aromatic carbocycles. The maximum atomic E-state index is 13.6. The number of benzene rings is 2. The van der Waals surface area contributed by atoms with Gasteiger partial charge >= 0.3 is 0 Å². The first-order valence-corrected chi connectivity index (χ1v) is 6.67. The smallest absolute Gasteiger partial charge is 0.254 e. The molecular formula is C16H14F2N2O. The third kappa shape index (κ3) is 2.46. The summed E-state index contributed by atoms with van der Waals surface area (Å²) in [6.07, 6.45) is 0.893. The minimum absolute atomic E-state index is 0.235. The Bertz CT molecular complexity index is 715. The monoisotopic (exact) mass is 288 g/mol. The fraction of sp³-hybridized carbons (Fsp3) is 0.188. The highest BCUT2D eigenvalue weighted by Gasteiger charge is 2.26. The van der Waals surface area contributed by atoms with E-state index in [-0.39, 0.29) is 17.2 Å². The van der Waals surface area contributed by atoms with E-state index in [1.54, 1.807) is 0 Å². The standard InChI is InChI=1S/C16H14F2N2O/c17-13-7-14(18)15(19)6-12(13)16(21)20-8-10-5-9-3-1-2-4-11(9)10/h1-4,6-7,10H,5,8,19H2,(H,20,21). The van der Waals surface area contributed by atoms with Crippen LogP contribution in [0.5, 0.6) is 0 Å². The SMILES string of the molecule is Nc1cc(C(=O)NCC2Cc3ccccc32)c(F)cc1F. The number of rotatable bonds is 3. The third-order valence-electron chi connectivity index (χ3n) is 3.80. The van der Waals surface area contributed by atoms with Gasteiger partial charge in [-0.2, -0.15) is 0 Å². The van der Waals surface area contributed by atoms with E-state index in [1.165, 1.54) is 11.1 Å². The van der Waals surface area contributed by atoms with Gasteiger partial charge in [0.1, 0.15) is 11.6 Å². The lowest BCUT2D eigenvalue weighted by Gasteiger charge is -2.30. The number of hydrogen-bond donors (Lipinski definition) is 2. The number of amides is 1. The number of nitrogens with two attached hydrogens (primary N) is 1. The summed E-state index contributed by atoms with van der Waals surface area (Å²) >= 11 is 0. The van der Waals surface area contributed by atoms with Crippen molar-refractivity contribution in [2.24, 2.45) is 0 Å². The number of halogens is 2. The van der Waals surface area contributed by atoms with E-state index in [4.69, 9.17) is 5.73 Å². The van der Waals surface area contributed by atoms with Crippen molar-refractivity contribution in [2.45, 2.75) is 12.3 Å². The molecule has 0 spiro atoms. The second-order valence-electron chi connectivity index (χ2n) is 5.16. The highest BCUT2D eigenvalue weighted by molar-refractivity contribution is 5.95. The van der Waals surface area contributed by atoms with Crippen LogP contribution in [0.1, 0.15) is 27.4 Å². The number of hydrogen-bond acceptors (Lipinski definition) is 2. The number of fused-ring (bicyclic) bond motifs is 1.